The van der Waals surface area contributed by atoms with Crippen molar-refractivity contribution < 1.29 is 14.3 Å². The number of nitriles is 1. The molecule has 0 spiro atoms. The van der Waals surface area contributed by atoms with Gasteiger partial charge in [0.15, 0.2) is 0 Å². The number of carbonyl (C=O) groups is 2. The summed E-state index contributed by atoms with van der Waals surface area (Å²) >= 11 is 0. The zero-order valence-corrected chi connectivity index (χ0v) is 15.6. The molecule has 144 valence electrons. The van der Waals surface area contributed by atoms with Crippen molar-refractivity contribution in [3.8, 4) is 6.07 Å². The summed E-state index contributed by atoms with van der Waals surface area (Å²) < 4.78 is 5.20. The van der Waals surface area contributed by atoms with Crippen LogP contribution in [0, 0.1) is 11.3 Å². The highest BCUT2D eigenvalue weighted by Crippen LogP contribution is 2.17. The molecule has 7 heteroatoms. The van der Waals surface area contributed by atoms with Crippen LogP contribution in [-0.4, -0.2) is 23.5 Å². The molecule has 0 aliphatic carbocycles. The number of hydrogen-bond acceptors (Lipinski definition) is 6. The Morgan fingerprint density at radius 1 is 1.21 bits per heavy atom. The van der Waals surface area contributed by atoms with Crippen LogP contribution in [0.1, 0.15) is 35.7 Å². The van der Waals surface area contributed by atoms with Gasteiger partial charge >= 0.3 is 5.97 Å². The molecule has 1 amide bonds. The monoisotopic (exact) mass is 378 g/mol. The molecule has 0 radical (unpaired) electrons. The lowest BCUT2D eigenvalue weighted by Gasteiger charge is -2.10. The number of hydrogen-bond donors (Lipinski definition) is 2. The first-order valence-electron chi connectivity index (χ1n) is 8.95. The fourth-order valence-electron chi connectivity index (χ4n) is 2.27. The zero-order chi connectivity index (χ0) is 20.2. The number of esters is 1. The first-order valence-corrected chi connectivity index (χ1v) is 8.95. The summed E-state index contributed by atoms with van der Waals surface area (Å²) in [5.74, 6) is -1.12. The summed E-state index contributed by atoms with van der Waals surface area (Å²) in [6, 6.07) is 12.0. The minimum atomic E-state index is -0.612. The van der Waals surface area contributed by atoms with Crippen molar-refractivity contribution in [2.75, 3.05) is 11.9 Å². The highest BCUT2D eigenvalue weighted by molar-refractivity contribution is 6.09. The van der Waals surface area contributed by atoms with Crippen molar-refractivity contribution in [1.82, 2.24) is 10.3 Å². The molecule has 2 aromatic rings. The van der Waals surface area contributed by atoms with E-state index in [1.807, 2.05) is 25.1 Å². The Hall–Kier alpha value is -3.66. The third-order valence-corrected chi connectivity index (χ3v) is 3.79. The lowest BCUT2D eigenvalue weighted by Crippen LogP contribution is -2.19. The molecule has 0 fully saturated rings. The van der Waals surface area contributed by atoms with Crippen LogP contribution in [0.4, 0.5) is 5.69 Å². The van der Waals surface area contributed by atoms with Gasteiger partial charge in [0.1, 0.15) is 11.6 Å². The molecule has 0 aliphatic rings. The molecule has 0 atom stereocenters. The number of amides is 1. The number of para-hydroxylation sites is 1. The van der Waals surface area contributed by atoms with Crippen molar-refractivity contribution in [2.24, 2.45) is 0 Å². The van der Waals surface area contributed by atoms with Crippen molar-refractivity contribution >= 4 is 17.6 Å². The number of anilines is 1. The van der Waals surface area contributed by atoms with E-state index in [1.165, 1.54) is 6.20 Å². The van der Waals surface area contributed by atoms with Crippen LogP contribution in [0.3, 0.4) is 0 Å². The largest absolute Gasteiger partial charge is 0.462 e. The Labute approximate surface area is 164 Å². The SMILES string of the molecule is CCCCOC(=O)c1ccccc1NC(=O)/C(C#N)=C\NCc1ccncc1. The Kier molecular flexibility index (Phi) is 8.21. The number of ether oxygens (including phenoxy) is 1. The van der Waals surface area contributed by atoms with Gasteiger partial charge in [-0.15, -0.1) is 0 Å². The van der Waals surface area contributed by atoms with Crippen LogP contribution >= 0.6 is 0 Å². The van der Waals surface area contributed by atoms with Gasteiger partial charge < -0.3 is 15.4 Å². The number of nitrogens with zero attached hydrogens (tertiary/aromatic N) is 2. The van der Waals surface area contributed by atoms with E-state index in [-0.39, 0.29) is 11.1 Å². The van der Waals surface area contributed by atoms with Crippen molar-refractivity contribution in [3.63, 3.8) is 0 Å². The maximum absolute atomic E-state index is 12.4. The highest BCUT2D eigenvalue weighted by Gasteiger charge is 2.16. The Bertz CT molecular complexity index is 873. The average Bonchev–Trinajstić information content (AvgIpc) is 2.72. The summed E-state index contributed by atoms with van der Waals surface area (Å²) in [6.07, 6.45) is 6.35. The van der Waals surface area contributed by atoms with Gasteiger partial charge in [0.25, 0.3) is 5.91 Å². The molecule has 0 aliphatic heterocycles. The summed E-state index contributed by atoms with van der Waals surface area (Å²) in [5, 5.41) is 14.8. The molecule has 0 saturated carbocycles. The lowest BCUT2D eigenvalue weighted by molar-refractivity contribution is -0.112. The normalized spacial score (nSPS) is 10.6. The molecule has 28 heavy (non-hydrogen) atoms. The molecule has 2 rings (SSSR count). The van der Waals surface area contributed by atoms with Crippen LogP contribution < -0.4 is 10.6 Å². The zero-order valence-electron chi connectivity index (χ0n) is 15.6. The lowest BCUT2D eigenvalue weighted by atomic mass is 10.1. The van der Waals surface area contributed by atoms with Gasteiger partial charge in [-0.1, -0.05) is 25.5 Å². The van der Waals surface area contributed by atoms with E-state index in [2.05, 4.69) is 15.6 Å². The Morgan fingerprint density at radius 3 is 2.68 bits per heavy atom. The highest BCUT2D eigenvalue weighted by atomic mass is 16.5. The van der Waals surface area contributed by atoms with E-state index in [4.69, 9.17) is 4.74 Å². The van der Waals surface area contributed by atoms with Crippen LogP contribution in [0.5, 0.6) is 0 Å². The van der Waals surface area contributed by atoms with Gasteiger partial charge in [-0.25, -0.2) is 4.79 Å². The second-order valence-corrected chi connectivity index (χ2v) is 5.90. The minimum Gasteiger partial charge on any atom is -0.462 e. The molecule has 1 heterocycles. The summed E-state index contributed by atoms with van der Waals surface area (Å²) in [4.78, 5) is 28.6. The third kappa shape index (κ3) is 6.25. The van der Waals surface area contributed by atoms with E-state index in [0.717, 1.165) is 18.4 Å². The molecule has 7 nitrogen and oxygen atoms in total. The van der Waals surface area contributed by atoms with Crippen LogP contribution in [0.2, 0.25) is 0 Å². The number of benzene rings is 1. The van der Waals surface area contributed by atoms with Crippen molar-refractivity contribution in [1.29, 1.82) is 5.26 Å². The average molecular weight is 378 g/mol. The van der Waals surface area contributed by atoms with Crippen molar-refractivity contribution in [3.05, 3.63) is 71.7 Å². The van der Waals surface area contributed by atoms with Gasteiger partial charge in [0.2, 0.25) is 0 Å². The third-order valence-electron chi connectivity index (χ3n) is 3.79. The number of pyridine rings is 1. The van der Waals surface area contributed by atoms with E-state index < -0.39 is 11.9 Å². The number of unbranched alkanes of at least 4 members (excludes halogenated alkanes) is 1. The maximum atomic E-state index is 12.4. The molecular formula is C21H22N4O3. The smallest absolute Gasteiger partial charge is 0.340 e. The topological polar surface area (TPSA) is 104 Å². The molecule has 0 saturated heterocycles. The fraction of sp³-hybridized carbons (Fsp3) is 0.238. The predicted molar refractivity (Wildman–Crippen MR) is 105 cm³/mol. The van der Waals surface area contributed by atoms with Gasteiger partial charge in [-0.2, -0.15) is 5.26 Å². The van der Waals surface area contributed by atoms with E-state index in [0.29, 0.717) is 18.8 Å². The first-order chi connectivity index (χ1) is 13.7. The summed E-state index contributed by atoms with van der Waals surface area (Å²) in [7, 11) is 0. The predicted octanol–water partition coefficient (Wildman–Crippen LogP) is 3.17. The van der Waals surface area contributed by atoms with Crippen molar-refractivity contribution in [2.45, 2.75) is 26.3 Å². The van der Waals surface area contributed by atoms with Gasteiger partial charge in [-0.3, -0.25) is 9.78 Å². The Balaban J connectivity index is 2.03. The number of nitrogens with one attached hydrogen (secondary N) is 2. The molecule has 2 N–H and O–H groups in total. The minimum absolute atomic E-state index is 0.108. The van der Waals surface area contributed by atoms with E-state index in [1.54, 1.807) is 36.7 Å². The molecule has 0 unspecified atom stereocenters. The Morgan fingerprint density at radius 2 is 1.96 bits per heavy atom. The van der Waals surface area contributed by atoms with Gasteiger partial charge in [-0.05, 0) is 36.2 Å². The quantitative estimate of drug-likeness (QED) is 0.301. The number of aromatic nitrogens is 1. The van der Waals surface area contributed by atoms with E-state index in [9.17, 15) is 14.9 Å². The second-order valence-electron chi connectivity index (χ2n) is 5.90. The van der Waals surface area contributed by atoms with Gasteiger partial charge in [0, 0.05) is 25.1 Å². The van der Waals surface area contributed by atoms with E-state index >= 15 is 0 Å². The standard InChI is InChI=1S/C21H22N4O3/c1-2-3-12-28-21(27)18-6-4-5-7-19(18)25-20(26)17(13-22)15-24-14-16-8-10-23-11-9-16/h4-11,15,24H,2-3,12,14H2,1H3,(H,25,26)/b17-15-. The molecule has 1 aromatic carbocycles. The fourth-order valence-corrected chi connectivity index (χ4v) is 2.27. The molecule has 0 bridgehead atoms. The summed E-state index contributed by atoms with van der Waals surface area (Å²) in [6.45, 7) is 2.77. The first kappa shape index (κ1) is 20.6. The summed E-state index contributed by atoms with van der Waals surface area (Å²) in [5.41, 5.74) is 1.39. The maximum Gasteiger partial charge on any atom is 0.340 e. The van der Waals surface area contributed by atoms with Crippen LogP contribution in [-0.2, 0) is 16.1 Å². The number of rotatable bonds is 9. The second kappa shape index (κ2) is 11.1. The van der Waals surface area contributed by atoms with Crippen LogP contribution in [0.15, 0.2) is 60.6 Å². The molecule has 1 aromatic heterocycles. The molecular weight excluding hydrogens is 356 g/mol. The number of carbonyl (C=O) groups excluding carboxylic acids is 2. The van der Waals surface area contributed by atoms with Gasteiger partial charge in [0.05, 0.1) is 17.9 Å². The van der Waals surface area contributed by atoms with Crippen LogP contribution in [0.25, 0.3) is 0 Å².